The number of rotatable bonds is 2. The summed E-state index contributed by atoms with van der Waals surface area (Å²) in [5.41, 5.74) is 4.63. The molecule has 0 saturated heterocycles. The Labute approximate surface area is 129 Å². The number of nitrogens with zero attached hydrogens (tertiary/aromatic N) is 2. The molecule has 2 aliphatic rings. The van der Waals surface area contributed by atoms with Gasteiger partial charge in [0.25, 0.3) is 0 Å². The first kappa shape index (κ1) is 13.7. The lowest BCUT2D eigenvalue weighted by Gasteiger charge is -2.35. The summed E-state index contributed by atoms with van der Waals surface area (Å²) in [6, 6.07) is 6.42. The number of allylic oxidation sites excluding steroid dienone is 1. The van der Waals surface area contributed by atoms with E-state index in [1.807, 2.05) is 10.9 Å². The number of halogens is 1. The van der Waals surface area contributed by atoms with Crippen molar-refractivity contribution in [2.45, 2.75) is 26.2 Å². The van der Waals surface area contributed by atoms with Gasteiger partial charge in [-0.25, -0.2) is 9.07 Å². The maximum atomic E-state index is 13.1. The average molecular weight is 298 g/mol. The summed E-state index contributed by atoms with van der Waals surface area (Å²) in [6.45, 7) is 2.50. The molecule has 1 aromatic heterocycles. The Morgan fingerprint density at radius 1 is 1.36 bits per heavy atom. The van der Waals surface area contributed by atoms with Gasteiger partial charge in [0.1, 0.15) is 5.82 Å². The molecular formula is C18H19FN2O. The summed E-state index contributed by atoms with van der Waals surface area (Å²) in [4.78, 5) is 0. The molecule has 0 spiro atoms. The minimum Gasteiger partial charge on any atom is -0.396 e. The number of fused-ring (bicyclic) bond motifs is 2. The van der Waals surface area contributed by atoms with Gasteiger partial charge >= 0.3 is 0 Å². The molecule has 1 N–H and O–H groups in total. The van der Waals surface area contributed by atoms with Crippen molar-refractivity contribution in [3.05, 3.63) is 53.1 Å². The van der Waals surface area contributed by atoms with Crippen LogP contribution < -0.4 is 0 Å². The minimum absolute atomic E-state index is 0.0540. The number of aromatic nitrogens is 2. The molecule has 0 unspecified atom stereocenters. The Morgan fingerprint density at radius 3 is 2.86 bits per heavy atom. The number of hydrogen-bond donors (Lipinski definition) is 1. The number of benzene rings is 1. The van der Waals surface area contributed by atoms with E-state index in [4.69, 9.17) is 0 Å². The van der Waals surface area contributed by atoms with Crippen LogP contribution in [0.25, 0.3) is 11.8 Å². The van der Waals surface area contributed by atoms with Crippen LogP contribution in [0.3, 0.4) is 0 Å². The fourth-order valence-corrected chi connectivity index (χ4v) is 4.01. The predicted octanol–water partition coefficient (Wildman–Crippen LogP) is 3.36. The summed E-state index contributed by atoms with van der Waals surface area (Å²) in [7, 11) is 0. The monoisotopic (exact) mass is 298 g/mol. The highest BCUT2D eigenvalue weighted by molar-refractivity contribution is 5.61. The molecule has 4 rings (SSSR count). The van der Waals surface area contributed by atoms with Gasteiger partial charge in [-0.1, -0.05) is 12.5 Å². The SMILES string of the molecule is C[C@]12Cc3cnn(-c4ccc(F)cc4)c3C=C1CC[C@@H]2CO. The minimum atomic E-state index is -0.239. The van der Waals surface area contributed by atoms with Gasteiger partial charge in [0.15, 0.2) is 0 Å². The van der Waals surface area contributed by atoms with Crippen LogP contribution in [0.15, 0.2) is 36.0 Å². The molecule has 4 heteroatoms. The second-order valence-electron chi connectivity index (χ2n) is 6.63. The zero-order chi connectivity index (χ0) is 15.3. The maximum absolute atomic E-state index is 13.1. The number of aliphatic hydroxyl groups excluding tert-OH is 1. The molecule has 0 amide bonds. The molecular weight excluding hydrogens is 279 g/mol. The standard InChI is InChI=1S/C18H19FN2O/c1-18-9-12-10-20-21(16-6-4-15(19)5-7-16)17(12)8-13(18)2-3-14(18)11-22/h4-8,10,14,22H,2-3,9,11H2,1H3/t14-,18+/m1/s1. The molecule has 1 saturated carbocycles. The predicted molar refractivity (Wildman–Crippen MR) is 83.1 cm³/mol. The van der Waals surface area contributed by atoms with Crippen LogP contribution >= 0.6 is 0 Å². The van der Waals surface area contributed by atoms with Gasteiger partial charge in [-0.3, -0.25) is 0 Å². The van der Waals surface area contributed by atoms with Crippen LogP contribution in [0.4, 0.5) is 4.39 Å². The summed E-state index contributed by atoms with van der Waals surface area (Å²) < 4.78 is 15.0. The Morgan fingerprint density at radius 2 is 2.14 bits per heavy atom. The Balaban J connectivity index is 1.79. The quantitative estimate of drug-likeness (QED) is 0.923. The highest BCUT2D eigenvalue weighted by Crippen LogP contribution is 2.52. The second kappa shape index (κ2) is 4.78. The van der Waals surface area contributed by atoms with Crippen molar-refractivity contribution < 1.29 is 9.50 Å². The van der Waals surface area contributed by atoms with Gasteiger partial charge in [0, 0.05) is 6.61 Å². The number of hydrogen-bond acceptors (Lipinski definition) is 2. The summed E-state index contributed by atoms with van der Waals surface area (Å²) >= 11 is 0. The van der Waals surface area contributed by atoms with Crippen molar-refractivity contribution in [3.63, 3.8) is 0 Å². The van der Waals surface area contributed by atoms with Crippen molar-refractivity contribution in [2.24, 2.45) is 11.3 Å². The third-order valence-electron chi connectivity index (χ3n) is 5.44. The maximum Gasteiger partial charge on any atom is 0.123 e. The van der Waals surface area contributed by atoms with E-state index in [-0.39, 0.29) is 17.8 Å². The van der Waals surface area contributed by atoms with Crippen molar-refractivity contribution in [1.82, 2.24) is 9.78 Å². The van der Waals surface area contributed by atoms with E-state index in [9.17, 15) is 9.50 Å². The second-order valence-corrected chi connectivity index (χ2v) is 6.63. The molecule has 0 aliphatic heterocycles. The Bertz CT molecular complexity index is 747. The van der Waals surface area contributed by atoms with Crippen LogP contribution in [0.5, 0.6) is 0 Å². The topological polar surface area (TPSA) is 38.0 Å². The Kier molecular flexibility index (Phi) is 2.98. The Hall–Kier alpha value is -1.94. The molecule has 0 bridgehead atoms. The first-order valence-electron chi connectivity index (χ1n) is 7.76. The number of aliphatic hydroxyl groups is 1. The van der Waals surface area contributed by atoms with E-state index in [0.717, 1.165) is 30.6 Å². The van der Waals surface area contributed by atoms with Crippen molar-refractivity contribution in [1.29, 1.82) is 0 Å². The van der Waals surface area contributed by atoms with Crippen LogP contribution in [0.1, 0.15) is 31.0 Å². The molecule has 1 heterocycles. The molecule has 0 radical (unpaired) electrons. The molecule has 2 atom stereocenters. The summed E-state index contributed by atoms with van der Waals surface area (Å²) in [6.07, 6.45) is 7.14. The molecule has 2 aromatic rings. The van der Waals surface area contributed by atoms with Gasteiger partial charge in [-0.05, 0) is 66.5 Å². The van der Waals surface area contributed by atoms with Crippen LogP contribution in [0.2, 0.25) is 0 Å². The molecule has 1 aromatic carbocycles. The lowest BCUT2D eigenvalue weighted by atomic mass is 9.70. The van der Waals surface area contributed by atoms with Gasteiger partial charge in [-0.15, -0.1) is 0 Å². The van der Waals surface area contributed by atoms with Gasteiger partial charge in [0.05, 0.1) is 17.6 Å². The van der Waals surface area contributed by atoms with E-state index in [1.165, 1.54) is 23.3 Å². The van der Waals surface area contributed by atoms with E-state index in [1.54, 1.807) is 12.1 Å². The third kappa shape index (κ3) is 1.87. The van der Waals surface area contributed by atoms with Crippen LogP contribution in [-0.4, -0.2) is 21.5 Å². The normalized spacial score (nSPS) is 26.5. The lowest BCUT2D eigenvalue weighted by molar-refractivity contribution is 0.150. The summed E-state index contributed by atoms with van der Waals surface area (Å²) in [5, 5.41) is 14.1. The van der Waals surface area contributed by atoms with Gasteiger partial charge in [0.2, 0.25) is 0 Å². The highest BCUT2D eigenvalue weighted by atomic mass is 19.1. The van der Waals surface area contributed by atoms with E-state index >= 15 is 0 Å². The van der Waals surface area contributed by atoms with E-state index in [2.05, 4.69) is 18.1 Å². The molecule has 2 aliphatic carbocycles. The van der Waals surface area contributed by atoms with Crippen molar-refractivity contribution >= 4 is 6.08 Å². The largest absolute Gasteiger partial charge is 0.396 e. The molecule has 114 valence electrons. The molecule has 1 fully saturated rings. The van der Waals surface area contributed by atoms with Crippen LogP contribution in [0, 0.1) is 17.2 Å². The zero-order valence-electron chi connectivity index (χ0n) is 12.6. The highest BCUT2D eigenvalue weighted by Gasteiger charge is 2.45. The first-order chi connectivity index (χ1) is 10.6. The summed E-state index contributed by atoms with van der Waals surface area (Å²) in [5.74, 6) is 0.0957. The first-order valence-corrected chi connectivity index (χ1v) is 7.76. The zero-order valence-corrected chi connectivity index (χ0v) is 12.6. The molecule has 3 nitrogen and oxygen atoms in total. The van der Waals surface area contributed by atoms with Crippen LogP contribution in [-0.2, 0) is 6.42 Å². The fourth-order valence-electron chi connectivity index (χ4n) is 4.01. The van der Waals surface area contributed by atoms with Crippen molar-refractivity contribution in [3.8, 4) is 5.69 Å². The van der Waals surface area contributed by atoms with Gasteiger partial charge < -0.3 is 5.11 Å². The smallest absolute Gasteiger partial charge is 0.123 e. The van der Waals surface area contributed by atoms with E-state index in [0.29, 0.717) is 5.92 Å². The van der Waals surface area contributed by atoms with Gasteiger partial charge in [-0.2, -0.15) is 5.10 Å². The van der Waals surface area contributed by atoms with E-state index < -0.39 is 0 Å². The molecule has 22 heavy (non-hydrogen) atoms. The third-order valence-corrected chi connectivity index (χ3v) is 5.44. The lowest BCUT2D eigenvalue weighted by Crippen LogP contribution is -2.30. The average Bonchev–Trinajstić information content (AvgIpc) is 3.05. The van der Waals surface area contributed by atoms with Crippen molar-refractivity contribution in [2.75, 3.05) is 6.61 Å². The fraction of sp³-hybridized carbons (Fsp3) is 0.389.